The number of nitrogens with zero attached hydrogens (tertiary/aromatic N) is 1. The summed E-state index contributed by atoms with van der Waals surface area (Å²) in [6, 6.07) is 3.29. The zero-order valence-electron chi connectivity index (χ0n) is 11.1. The average molecular weight is 252 g/mol. The Hall–Kier alpha value is -1.62. The zero-order chi connectivity index (χ0) is 13.6. The predicted molar refractivity (Wildman–Crippen MR) is 68.6 cm³/mol. The number of hydrogen-bond acceptors (Lipinski definition) is 5. The monoisotopic (exact) mass is 252 g/mol. The Balaban J connectivity index is 2.57. The van der Waals surface area contributed by atoms with Crippen LogP contribution in [0.3, 0.4) is 0 Å². The van der Waals surface area contributed by atoms with Crippen molar-refractivity contribution in [3.05, 3.63) is 23.9 Å². The topological polar surface area (TPSA) is 74.4 Å². The van der Waals surface area contributed by atoms with Gasteiger partial charge in [0.05, 0.1) is 12.2 Å². The van der Waals surface area contributed by atoms with Gasteiger partial charge in [0, 0.05) is 12.3 Å². The summed E-state index contributed by atoms with van der Waals surface area (Å²) >= 11 is 0. The minimum absolute atomic E-state index is 0.386. The van der Waals surface area contributed by atoms with Crippen LogP contribution < -0.4 is 10.5 Å². The molecule has 18 heavy (non-hydrogen) atoms. The summed E-state index contributed by atoms with van der Waals surface area (Å²) in [6.07, 6.45) is 2.22. The summed E-state index contributed by atoms with van der Waals surface area (Å²) in [4.78, 5) is 15.8. The van der Waals surface area contributed by atoms with Crippen LogP contribution in [0.1, 0.15) is 37.6 Å². The van der Waals surface area contributed by atoms with Gasteiger partial charge in [0.25, 0.3) is 0 Å². The molecule has 0 atom stereocenters. The van der Waals surface area contributed by atoms with Crippen molar-refractivity contribution in [3.8, 4) is 5.88 Å². The van der Waals surface area contributed by atoms with E-state index in [2.05, 4.69) is 4.98 Å². The van der Waals surface area contributed by atoms with Gasteiger partial charge in [0.1, 0.15) is 5.60 Å². The van der Waals surface area contributed by atoms with Crippen LogP contribution in [-0.4, -0.2) is 29.7 Å². The molecule has 0 aliphatic carbocycles. The number of carbonyl (C=O) groups excluding carboxylic acids is 1. The van der Waals surface area contributed by atoms with Crippen LogP contribution in [0.5, 0.6) is 5.88 Å². The predicted octanol–water partition coefficient (Wildman–Crippen LogP) is 1.76. The Morgan fingerprint density at radius 3 is 2.61 bits per heavy atom. The zero-order valence-corrected chi connectivity index (χ0v) is 11.1. The van der Waals surface area contributed by atoms with Crippen molar-refractivity contribution in [1.29, 1.82) is 0 Å². The third kappa shape index (κ3) is 5.14. The van der Waals surface area contributed by atoms with E-state index in [9.17, 15) is 4.79 Å². The van der Waals surface area contributed by atoms with Crippen molar-refractivity contribution in [1.82, 2.24) is 4.98 Å². The highest BCUT2D eigenvalue weighted by atomic mass is 16.6. The van der Waals surface area contributed by atoms with E-state index in [0.29, 0.717) is 24.6 Å². The van der Waals surface area contributed by atoms with Crippen LogP contribution in [0.2, 0.25) is 0 Å². The molecule has 0 aromatic carbocycles. The number of aromatic nitrogens is 1. The van der Waals surface area contributed by atoms with Crippen LogP contribution in [0.25, 0.3) is 0 Å². The van der Waals surface area contributed by atoms with Gasteiger partial charge in [-0.25, -0.2) is 9.78 Å². The molecule has 0 saturated heterocycles. The van der Waals surface area contributed by atoms with Crippen molar-refractivity contribution >= 4 is 5.97 Å². The molecule has 0 aliphatic rings. The number of esters is 1. The summed E-state index contributed by atoms with van der Waals surface area (Å²) in [6.45, 7) is 6.57. The lowest BCUT2D eigenvalue weighted by Crippen LogP contribution is -2.23. The van der Waals surface area contributed by atoms with Crippen molar-refractivity contribution in [3.63, 3.8) is 0 Å². The van der Waals surface area contributed by atoms with Gasteiger partial charge in [-0.05, 0) is 39.8 Å². The van der Waals surface area contributed by atoms with E-state index in [-0.39, 0.29) is 5.97 Å². The Morgan fingerprint density at radius 2 is 2.11 bits per heavy atom. The molecule has 0 amide bonds. The normalized spacial score (nSPS) is 11.1. The highest BCUT2D eigenvalue weighted by Gasteiger charge is 2.17. The molecule has 0 radical (unpaired) electrons. The van der Waals surface area contributed by atoms with Crippen LogP contribution in [0.4, 0.5) is 0 Å². The standard InChI is InChI=1S/C13H20N2O3/c1-13(2,3)18-12(16)10-5-6-11(15-9-10)17-8-4-7-14/h5-6,9H,4,7-8,14H2,1-3H3. The smallest absolute Gasteiger partial charge is 0.340 e. The van der Waals surface area contributed by atoms with Crippen molar-refractivity contribution < 1.29 is 14.3 Å². The molecular formula is C13H20N2O3. The number of rotatable bonds is 5. The molecule has 1 aromatic rings. The first-order chi connectivity index (χ1) is 8.42. The molecular weight excluding hydrogens is 232 g/mol. The molecule has 5 nitrogen and oxygen atoms in total. The molecule has 0 aliphatic heterocycles. The SMILES string of the molecule is CC(C)(C)OC(=O)c1ccc(OCCCN)nc1. The van der Waals surface area contributed by atoms with Gasteiger partial charge in [-0.15, -0.1) is 0 Å². The molecule has 100 valence electrons. The van der Waals surface area contributed by atoms with E-state index in [0.717, 1.165) is 6.42 Å². The van der Waals surface area contributed by atoms with E-state index in [4.69, 9.17) is 15.2 Å². The summed E-state index contributed by atoms with van der Waals surface area (Å²) < 4.78 is 10.6. The molecule has 0 bridgehead atoms. The summed E-state index contributed by atoms with van der Waals surface area (Å²) in [5, 5.41) is 0. The fourth-order valence-corrected chi connectivity index (χ4v) is 1.18. The molecule has 2 N–H and O–H groups in total. The third-order valence-electron chi connectivity index (χ3n) is 1.97. The minimum Gasteiger partial charge on any atom is -0.478 e. The van der Waals surface area contributed by atoms with Crippen molar-refractivity contribution in [2.75, 3.05) is 13.2 Å². The van der Waals surface area contributed by atoms with Crippen molar-refractivity contribution in [2.45, 2.75) is 32.8 Å². The second-order valence-corrected chi connectivity index (χ2v) is 4.88. The van der Waals surface area contributed by atoms with E-state index in [1.54, 1.807) is 12.1 Å². The molecule has 0 unspecified atom stereocenters. The highest BCUT2D eigenvalue weighted by molar-refractivity contribution is 5.89. The van der Waals surface area contributed by atoms with Gasteiger partial charge in [-0.3, -0.25) is 0 Å². The maximum atomic E-state index is 11.7. The van der Waals surface area contributed by atoms with Gasteiger partial charge in [-0.2, -0.15) is 0 Å². The van der Waals surface area contributed by atoms with Crippen LogP contribution in [0.15, 0.2) is 18.3 Å². The van der Waals surface area contributed by atoms with E-state index >= 15 is 0 Å². The molecule has 1 rings (SSSR count). The molecule has 0 spiro atoms. The summed E-state index contributed by atoms with van der Waals surface area (Å²) in [5.41, 5.74) is 5.26. The lowest BCUT2D eigenvalue weighted by Gasteiger charge is -2.19. The number of ether oxygens (including phenoxy) is 2. The second-order valence-electron chi connectivity index (χ2n) is 4.88. The first kappa shape index (κ1) is 14.4. The first-order valence-electron chi connectivity index (χ1n) is 5.94. The maximum Gasteiger partial charge on any atom is 0.340 e. The van der Waals surface area contributed by atoms with Crippen molar-refractivity contribution in [2.24, 2.45) is 5.73 Å². The number of carbonyl (C=O) groups is 1. The van der Waals surface area contributed by atoms with Gasteiger partial charge in [-0.1, -0.05) is 0 Å². The van der Waals surface area contributed by atoms with Gasteiger partial charge < -0.3 is 15.2 Å². The first-order valence-corrected chi connectivity index (χ1v) is 5.94. The van der Waals surface area contributed by atoms with Gasteiger partial charge >= 0.3 is 5.97 Å². The molecule has 1 aromatic heterocycles. The maximum absolute atomic E-state index is 11.7. The number of nitrogens with two attached hydrogens (primary N) is 1. The Labute approximate surface area is 107 Å². The largest absolute Gasteiger partial charge is 0.478 e. The van der Waals surface area contributed by atoms with Crippen LogP contribution >= 0.6 is 0 Å². The number of hydrogen-bond donors (Lipinski definition) is 1. The second kappa shape index (κ2) is 6.35. The fraction of sp³-hybridized carbons (Fsp3) is 0.538. The van der Waals surface area contributed by atoms with E-state index in [1.807, 2.05) is 20.8 Å². The third-order valence-corrected chi connectivity index (χ3v) is 1.97. The average Bonchev–Trinajstić information content (AvgIpc) is 2.28. The fourth-order valence-electron chi connectivity index (χ4n) is 1.18. The van der Waals surface area contributed by atoms with Gasteiger partial charge in [0.15, 0.2) is 0 Å². The highest BCUT2D eigenvalue weighted by Crippen LogP contribution is 2.13. The molecule has 0 saturated carbocycles. The Kier molecular flexibility index (Phi) is 5.09. The molecule has 5 heteroatoms. The van der Waals surface area contributed by atoms with Crippen LogP contribution in [-0.2, 0) is 4.74 Å². The van der Waals surface area contributed by atoms with Gasteiger partial charge in [0.2, 0.25) is 5.88 Å². The van der Waals surface area contributed by atoms with Crippen LogP contribution in [0, 0.1) is 0 Å². The minimum atomic E-state index is -0.507. The number of pyridine rings is 1. The summed E-state index contributed by atoms with van der Waals surface area (Å²) in [7, 11) is 0. The van der Waals surface area contributed by atoms with E-state index in [1.165, 1.54) is 6.20 Å². The lowest BCUT2D eigenvalue weighted by atomic mass is 10.2. The Morgan fingerprint density at radius 1 is 1.39 bits per heavy atom. The Bertz CT molecular complexity index is 382. The quantitative estimate of drug-likeness (QED) is 0.638. The lowest BCUT2D eigenvalue weighted by molar-refractivity contribution is 0.00690. The molecule has 1 heterocycles. The summed E-state index contributed by atoms with van der Waals surface area (Å²) in [5.74, 6) is 0.0965. The molecule has 0 fully saturated rings. The van der Waals surface area contributed by atoms with E-state index < -0.39 is 5.60 Å².